The number of aromatic amines is 1. The maximum Gasteiger partial charge on any atom is 0.175 e. The highest BCUT2D eigenvalue weighted by molar-refractivity contribution is 7.90. The third-order valence-corrected chi connectivity index (χ3v) is 5.78. The Morgan fingerprint density at radius 2 is 1.36 bits per heavy atom. The topological polar surface area (TPSA) is 62.8 Å². The largest absolute Gasteiger partial charge is 0.337 e. The number of imidazole rings is 1. The van der Waals surface area contributed by atoms with Gasteiger partial charge in [0.1, 0.15) is 5.82 Å². The van der Waals surface area contributed by atoms with Crippen molar-refractivity contribution in [3.8, 4) is 33.9 Å². The van der Waals surface area contributed by atoms with E-state index in [0.717, 1.165) is 33.9 Å². The number of benzene rings is 3. The van der Waals surface area contributed by atoms with Gasteiger partial charge in [0.15, 0.2) is 9.84 Å². The fourth-order valence-electron chi connectivity index (χ4n) is 3.10. The van der Waals surface area contributed by atoms with Crippen LogP contribution in [-0.4, -0.2) is 24.6 Å². The highest BCUT2D eigenvalue weighted by Crippen LogP contribution is 2.33. The second-order valence-corrected chi connectivity index (χ2v) is 8.85. The molecule has 0 radical (unpaired) electrons. The van der Waals surface area contributed by atoms with Gasteiger partial charge in [-0.3, -0.25) is 0 Å². The SMILES string of the molecule is Cc1ccc(-c2nc(-c3ccccc3)c(-c3ccc(S(C)(=O)=O)cc3)[nH]2)cc1. The summed E-state index contributed by atoms with van der Waals surface area (Å²) in [5.74, 6) is 0.779. The summed E-state index contributed by atoms with van der Waals surface area (Å²) >= 11 is 0. The quantitative estimate of drug-likeness (QED) is 0.528. The Bertz CT molecular complexity index is 1210. The first-order valence-corrected chi connectivity index (χ1v) is 10.8. The van der Waals surface area contributed by atoms with Crippen LogP contribution in [-0.2, 0) is 9.84 Å². The van der Waals surface area contributed by atoms with Crippen LogP contribution >= 0.6 is 0 Å². The third kappa shape index (κ3) is 3.62. The zero-order valence-electron chi connectivity index (χ0n) is 15.7. The third-order valence-electron chi connectivity index (χ3n) is 4.65. The normalized spacial score (nSPS) is 11.5. The van der Waals surface area contributed by atoms with E-state index >= 15 is 0 Å². The molecule has 0 bridgehead atoms. The van der Waals surface area contributed by atoms with E-state index in [0.29, 0.717) is 4.90 Å². The van der Waals surface area contributed by atoms with Crippen molar-refractivity contribution in [3.05, 3.63) is 84.4 Å². The molecule has 3 aromatic carbocycles. The molecule has 0 aliphatic carbocycles. The average molecular weight is 388 g/mol. The molecular formula is C23H20N2O2S. The molecule has 1 heterocycles. The van der Waals surface area contributed by atoms with Gasteiger partial charge in [0, 0.05) is 22.9 Å². The number of nitrogens with one attached hydrogen (secondary N) is 1. The van der Waals surface area contributed by atoms with Crippen molar-refractivity contribution in [2.45, 2.75) is 11.8 Å². The highest BCUT2D eigenvalue weighted by Gasteiger charge is 2.16. The van der Waals surface area contributed by atoms with Crippen LogP contribution in [0.4, 0.5) is 0 Å². The van der Waals surface area contributed by atoms with Gasteiger partial charge in [-0.1, -0.05) is 72.3 Å². The second kappa shape index (κ2) is 7.09. The molecule has 4 aromatic rings. The van der Waals surface area contributed by atoms with E-state index < -0.39 is 9.84 Å². The number of aromatic nitrogens is 2. The molecule has 5 heteroatoms. The number of aryl methyl sites for hydroxylation is 1. The first kappa shape index (κ1) is 18.2. The van der Waals surface area contributed by atoms with E-state index in [1.165, 1.54) is 11.8 Å². The van der Waals surface area contributed by atoms with E-state index in [-0.39, 0.29) is 0 Å². The molecule has 0 fully saturated rings. The zero-order chi connectivity index (χ0) is 19.7. The molecule has 0 spiro atoms. The monoisotopic (exact) mass is 388 g/mol. The van der Waals surface area contributed by atoms with Crippen LogP contribution in [0, 0.1) is 6.92 Å². The van der Waals surface area contributed by atoms with Crippen molar-refractivity contribution in [1.82, 2.24) is 9.97 Å². The van der Waals surface area contributed by atoms with Crippen LogP contribution in [0.3, 0.4) is 0 Å². The Labute approximate surface area is 164 Å². The van der Waals surface area contributed by atoms with Gasteiger partial charge in [0.25, 0.3) is 0 Å². The van der Waals surface area contributed by atoms with Crippen LogP contribution < -0.4 is 0 Å². The fourth-order valence-corrected chi connectivity index (χ4v) is 3.73. The Balaban J connectivity index is 1.86. The van der Waals surface area contributed by atoms with E-state index in [9.17, 15) is 8.42 Å². The lowest BCUT2D eigenvalue weighted by molar-refractivity contribution is 0.602. The lowest BCUT2D eigenvalue weighted by Gasteiger charge is -2.04. The van der Waals surface area contributed by atoms with Crippen molar-refractivity contribution in [2.75, 3.05) is 6.26 Å². The molecule has 0 saturated heterocycles. The Hall–Kier alpha value is -3.18. The first-order valence-electron chi connectivity index (χ1n) is 8.95. The molecule has 1 aromatic heterocycles. The zero-order valence-corrected chi connectivity index (χ0v) is 16.5. The molecule has 0 aliphatic heterocycles. The van der Waals surface area contributed by atoms with Crippen molar-refractivity contribution >= 4 is 9.84 Å². The van der Waals surface area contributed by atoms with Crippen molar-refractivity contribution in [2.24, 2.45) is 0 Å². The molecule has 4 nitrogen and oxygen atoms in total. The molecule has 0 aliphatic rings. The maximum atomic E-state index is 11.8. The molecule has 28 heavy (non-hydrogen) atoms. The van der Waals surface area contributed by atoms with Crippen LogP contribution in [0.15, 0.2) is 83.8 Å². The van der Waals surface area contributed by atoms with E-state index in [2.05, 4.69) is 24.0 Å². The van der Waals surface area contributed by atoms with Crippen LogP contribution in [0.5, 0.6) is 0 Å². The predicted octanol–water partition coefficient (Wildman–Crippen LogP) is 5.12. The van der Waals surface area contributed by atoms with E-state index in [1.807, 2.05) is 54.6 Å². The Morgan fingerprint density at radius 1 is 0.750 bits per heavy atom. The minimum atomic E-state index is -3.23. The Kier molecular flexibility index (Phi) is 4.61. The molecule has 1 N–H and O–H groups in total. The molecule has 0 atom stereocenters. The van der Waals surface area contributed by atoms with Gasteiger partial charge in [-0.2, -0.15) is 0 Å². The summed E-state index contributed by atoms with van der Waals surface area (Å²) in [6, 6.07) is 25.0. The summed E-state index contributed by atoms with van der Waals surface area (Å²) in [5, 5.41) is 0. The van der Waals surface area contributed by atoms with Gasteiger partial charge < -0.3 is 4.98 Å². The number of sulfone groups is 1. The van der Waals surface area contributed by atoms with E-state index in [1.54, 1.807) is 12.1 Å². The molecule has 0 amide bonds. The number of hydrogen-bond acceptors (Lipinski definition) is 3. The summed E-state index contributed by atoms with van der Waals surface area (Å²) in [7, 11) is -3.23. The summed E-state index contributed by atoms with van der Waals surface area (Å²) < 4.78 is 23.5. The predicted molar refractivity (Wildman–Crippen MR) is 113 cm³/mol. The van der Waals surface area contributed by atoms with Crippen molar-refractivity contribution in [1.29, 1.82) is 0 Å². The van der Waals surface area contributed by atoms with Gasteiger partial charge in [0.05, 0.1) is 16.3 Å². The summed E-state index contributed by atoms with van der Waals surface area (Å²) in [6.07, 6.45) is 1.21. The van der Waals surface area contributed by atoms with Gasteiger partial charge in [-0.05, 0) is 19.1 Å². The van der Waals surface area contributed by atoms with Crippen LogP contribution in [0.25, 0.3) is 33.9 Å². The number of rotatable bonds is 4. The number of H-pyrrole nitrogens is 1. The molecular weight excluding hydrogens is 368 g/mol. The highest BCUT2D eigenvalue weighted by atomic mass is 32.2. The number of hydrogen-bond donors (Lipinski definition) is 1. The van der Waals surface area contributed by atoms with Gasteiger partial charge >= 0.3 is 0 Å². The number of nitrogens with zero attached hydrogens (tertiary/aromatic N) is 1. The first-order chi connectivity index (χ1) is 13.4. The Morgan fingerprint density at radius 3 is 1.96 bits per heavy atom. The van der Waals surface area contributed by atoms with Crippen LogP contribution in [0.2, 0.25) is 0 Å². The minimum absolute atomic E-state index is 0.302. The summed E-state index contributed by atoms with van der Waals surface area (Å²) in [5.41, 5.74) is 5.78. The van der Waals surface area contributed by atoms with Gasteiger partial charge in [0.2, 0.25) is 0 Å². The van der Waals surface area contributed by atoms with Crippen molar-refractivity contribution < 1.29 is 8.42 Å². The average Bonchev–Trinajstić information content (AvgIpc) is 3.14. The summed E-state index contributed by atoms with van der Waals surface area (Å²) in [4.78, 5) is 8.59. The fraction of sp³-hybridized carbons (Fsp3) is 0.0870. The van der Waals surface area contributed by atoms with Gasteiger partial charge in [-0.25, -0.2) is 13.4 Å². The van der Waals surface area contributed by atoms with Crippen LogP contribution in [0.1, 0.15) is 5.56 Å². The molecule has 140 valence electrons. The molecule has 0 saturated carbocycles. The lowest BCUT2D eigenvalue weighted by Crippen LogP contribution is -1.96. The minimum Gasteiger partial charge on any atom is -0.337 e. The second-order valence-electron chi connectivity index (χ2n) is 6.84. The lowest BCUT2D eigenvalue weighted by atomic mass is 10.1. The molecule has 4 rings (SSSR count). The smallest absolute Gasteiger partial charge is 0.175 e. The van der Waals surface area contributed by atoms with E-state index in [4.69, 9.17) is 4.98 Å². The maximum absolute atomic E-state index is 11.8. The standard InChI is InChI=1S/C23H20N2O2S/c1-16-8-10-19(11-9-16)23-24-21(17-6-4-3-5-7-17)22(25-23)18-12-14-20(15-13-18)28(2,26)27/h3-15H,1-2H3,(H,24,25). The summed E-state index contributed by atoms with van der Waals surface area (Å²) in [6.45, 7) is 2.05. The van der Waals surface area contributed by atoms with Gasteiger partial charge in [-0.15, -0.1) is 0 Å². The van der Waals surface area contributed by atoms with Crippen molar-refractivity contribution in [3.63, 3.8) is 0 Å². The molecule has 0 unspecified atom stereocenters.